The van der Waals surface area contributed by atoms with Gasteiger partial charge in [-0.15, -0.1) is 11.6 Å². The fourth-order valence-corrected chi connectivity index (χ4v) is 1.88. The summed E-state index contributed by atoms with van der Waals surface area (Å²) in [7, 11) is 0. The van der Waals surface area contributed by atoms with Crippen LogP contribution in [0.15, 0.2) is 60.7 Å². The van der Waals surface area contributed by atoms with E-state index in [1.54, 1.807) is 12.1 Å². The molecule has 2 aromatic carbocycles. The van der Waals surface area contributed by atoms with Crippen LogP contribution in [0, 0.1) is 0 Å². The highest BCUT2D eigenvalue weighted by Gasteiger charge is 2.17. The summed E-state index contributed by atoms with van der Waals surface area (Å²) in [5.41, 5.74) is 1.17. The lowest BCUT2D eigenvalue weighted by Crippen LogP contribution is -2.21. The van der Waals surface area contributed by atoms with Gasteiger partial charge in [0, 0.05) is 0 Å². The lowest BCUT2D eigenvalue weighted by molar-refractivity contribution is -0.134. The van der Waals surface area contributed by atoms with Crippen molar-refractivity contribution >= 4 is 17.6 Å². The van der Waals surface area contributed by atoms with Crippen LogP contribution in [0.25, 0.3) is 0 Å². The molecule has 0 aliphatic heterocycles. The number of ether oxygens (including phenoxy) is 1. The van der Waals surface area contributed by atoms with Crippen molar-refractivity contribution in [2.45, 2.75) is 18.2 Å². The number of halogens is 1. The largest absolute Gasteiger partial charge is 0.425 e. The summed E-state index contributed by atoms with van der Waals surface area (Å²) in [5, 5.41) is -0.625. The molecule has 0 radical (unpaired) electrons. The Morgan fingerprint density at radius 3 is 2.21 bits per heavy atom. The van der Waals surface area contributed by atoms with Crippen molar-refractivity contribution in [3.63, 3.8) is 0 Å². The van der Waals surface area contributed by atoms with E-state index in [2.05, 4.69) is 0 Å². The molecule has 0 unspecified atom stereocenters. The summed E-state index contributed by atoms with van der Waals surface area (Å²) in [6.07, 6.45) is 1.33. The second kappa shape index (κ2) is 6.95. The van der Waals surface area contributed by atoms with Crippen LogP contribution in [-0.2, 0) is 11.2 Å². The van der Waals surface area contributed by atoms with Crippen molar-refractivity contribution in [1.82, 2.24) is 0 Å². The molecule has 0 N–H and O–H groups in total. The Kier molecular flexibility index (Phi) is 4.99. The summed E-state index contributed by atoms with van der Waals surface area (Å²) in [4.78, 5) is 11.8. The molecular formula is C16H15ClO2. The molecule has 0 amide bonds. The standard InChI is InChI=1S/C16H15ClO2/c17-15(12-11-13-7-3-1-4-8-13)16(18)19-14-9-5-2-6-10-14/h1-10,15H,11-12H2/t15-/m1/s1. The first-order valence-corrected chi connectivity index (χ1v) is 6.64. The predicted molar refractivity (Wildman–Crippen MR) is 76.5 cm³/mol. The van der Waals surface area contributed by atoms with E-state index in [9.17, 15) is 4.79 Å². The molecule has 0 fully saturated rings. The molecule has 0 aliphatic rings. The lowest BCUT2D eigenvalue weighted by Gasteiger charge is -2.09. The van der Waals surface area contributed by atoms with Crippen LogP contribution in [0.1, 0.15) is 12.0 Å². The number of para-hydroxylation sites is 1. The van der Waals surface area contributed by atoms with Gasteiger partial charge in [0.15, 0.2) is 0 Å². The van der Waals surface area contributed by atoms with Gasteiger partial charge in [-0.05, 0) is 30.5 Å². The van der Waals surface area contributed by atoms with Gasteiger partial charge in [-0.25, -0.2) is 0 Å². The van der Waals surface area contributed by atoms with Crippen LogP contribution in [0.3, 0.4) is 0 Å². The summed E-state index contributed by atoms with van der Waals surface area (Å²) < 4.78 is 5.19. The molecule has 0 saturated heterocycles. The molecule has 0 bridgehead atoms. The highest BCUT2D eigenvalue weighted by atomic mass is 35.5. The van der Waals surface area contributed by atoms with E-state index in [1.165, 1.54) is 5.56 Å². The van der Waals surface area contributed by atoms with Gasteiger partial charge in [0.1, 0.15) is 11.1 Å². The monoisotopic (exact) mass is 274 g/mol. The van der Waals surface area contributed by atoms with Gasteiger partial charge in [-0.1, -0.05) is 48.5 Å². The van der Waals surface area contributed by atoms with Crippen LogP contribution in [0.2, 0.25) is 0 Å². The highest BCUT2D eigenvalue weighted by Crippen LogP contribution is 2.14. The minimum absolute atomic E-state index is 0.399. The first-order valence-electron chi connectivity index (χ1n) is 6.20. The smallest absolute Gasteiger partial charge is 0.329 e. The molecule has 2 nitrogen and oxygen atoms in total. The SMILES string of the molecule is O=C(Oc1ccccc1)[C@H](Cl)CCc1ccccc1. The molecule has 0 aliphatic carbocycles. The fraction of sp³-hybridized carbons (Fsp3) is 0.188. The maximum atomic E-state index is 11.8. The van der Waals surface area contributed by atoms with Gasteiger partial charge in [0.2, 0.25) is 0 Å². The second-order valence-electron chi connectivity index (χ2n) is 4.23. The Balaban J connectivity index is 1.83. The molecule has 0 spiro atoms. The summed E-state index contributed by atoms with van der Waals surface area (Å²) in [5.74, 6) is 0.127. The summed E-state index contributed by atoms with van der Waals surface area (Å²) in [6.45, 7) is 0. The molecule has 0 aromatic heterocycles. The van der Waals surface area contributed by atoms with Crippen molar-refractivity contribution in [3.8, 4) is 5.75 Å². The van der Waals surface area contributed by atoms with E-state index >= 15 is 0 Å². The lowest BCUT2D eigenvalue weighted by atomic mass is 10.1. The van der Waals surface area contributed by atoms with Crippen LogP contribution < -0.4 is 4.74 Å². The van der Waals surface area contributed by atoms with Crippen molar-refractivity contribution in [1.29, 1.82) is 0 Å². The van der Waals surface area contributed by atoms with E-state index < -0.39 is 11.3 Å². The van der Waals surface area contributed by atoms with Gasteiger partial charge < -0.3 is 4.74 Å². The predicted octanol–water partition coefficient (Wildman–Crippen LogP) is 3.83. The van der Waals surface area contributed by atoms with Crippen LogP contribution >= 0.6 is 11.6 Å². The minimum atomic E-state index is -0.625. The zero-order valence-electron chi connectivity index (χ0n) is 10.5. The molecular weight excluding hydrogens is 260 g/mol. The van der Waals surface area contributed by atoms with Gasteiger partial charge in [0.25, 0.3) is 0 Å². The molecule has 2 rings (SSSR count). The maximum absolute atomic E-state index is 11.8. The van der Waals surface area contributed by atoms with Crippen LogP contribution in [0.5, 0.6) is 5.75 Å². The average Bonchev–Trinajstić information content (AvgIpc) is 2.47. The van der Waals surface area contributed by atoms with Crippen molar-refractivity contribution in [2.75, 3.05) is 0 Å². The Bertz CT molecular complexity index is 511. The molecule has 3 heteroatoms. The van der Waals surface area contributed by atoms with Gasteiger partial charge in [0.05, 0.1) is 0 Å². The molecule has 19 heavy (non-hydrogen) atoms. The second-order valence-corrected chi connectivity index (χ2v) is 4.75. The number of rotatable bonds is 5. The quantitative estimate of drug-likeness (QED) is 0.470. The maximum Gasteiger partial charge on any atom is 0.329 e. The topological polar surface area (TPSA) is 26.3 Å². The summed E-state index contributed by atoms with van der Waals surface area (Å²) >= 11 is 6.06. The average molecular weight is 275 g/mol. The van der Waals surface area contributed by atoms with E-state index in [0.29, 0.717) is 12.2 Å². The number of alkyl halides is 1. The third-order valence-electron chi connectivity index (χ3n) is 2.75. The summed E-state index contributed by atoms with van der Waals surface area (Å²) in [6, 6.07) is 18.9. The Morgan fingerprint density at radius 1 is 1.00 bits per heavy atom. The third kappa shape index (κ3) is 4.42. The van der Waals surface area contributed by atoms with Gasteiger partial charge in [-0.2, -0.15) is 0 Å². The minimum Gasteiger partial charge on any atom is -0.425 e. The highest BCUT2D eigenvalue weighted by molar-refractivity contribution is 6.30. The number of carbonyl (C=O) groups excluding carboxylic acids is 1. The van der Waals surface area contributed by atoms with Crippen molar-refractivity contribution < 1.29 is 9.53 Å². The number of carbonyl (C=O) groups is 1. The van der Waals surface area contributed by atoms with E-state index in [-0.39, 0.29) is 0 Å². The Hall–Kier alpha value is -1.80. The van der Waals surface area contributed by atoms with Crippen molar-refractivity contribution in [2.24, 2.45) is 0 Å². The van der Waals surface area contributed by atoms with Crippen LogP contribution in [0.4, 0.5) is 0 Å². The first-order chi connectivity index (χ1) is 9.25. The molecule has 0 saturated carbocycles. The number of aryl methyl sites for hydroxylation is 1. The zero-order chi connectivity index (χ0) is 13.5. The zero-order valence-corrected chi connectivity index (χ0v) is 11.2. The first kappa shape index (κ1) is 13.6. The third-order valence-corrected chi connectivity index (χ3v) is 3.14. The van der Waals surface area contributed by atoms with Gasteiger partial charge in [-0.3, -0.25) is 4.79 Å². The number of benzene rings is 2. The molecule has 2 aromatic rings. The Labute approximate surface area is 118 Å². The van der Waals surface area contributed by atoms with Crippen molar-refractivity contribution in [3.05, 3.63) is 66.2 Å². The Morgan fingerprint density at radius 2 is 1.58 bits per heavy atom. The molecule has 98 valence electrons. The molecule has 0 heterocycles. The van der Waals surface area contributed by atoms with Gasteiger partial charge >= 0.3 is 5.97 Å². The number of esters is 1. The van der Waals surface area contributed by atoms with E-state index in [4.69, 9.17) is 16.3 Å². The normalized spacial score (nSPS) is 11.8. The number of hydrogen-bond acceptors (Lipinski definition) is 2. The number of hydrogen-bond donors (Lipinski definition) is 0. The van der Waals surface area contributed by atoms with E-state index in [0.717, 1.165) is 6.42 Å². The van der Waals surface area contributed by atoms with E-state index in [1.807, 2.05) is 48.5 Å². The van der Waals surface area contributed by atoms with Crippen LogP contribution in [-0.4, -0.2) is 11.3 Å². The molecule has 1 atom stereocenters. The fourth-order valence-electron chi connectivity index (χ4n) is 1.72.